The monoisotopic (exact) mass is 568 g/mol. The van der Waals surface area contributed by atoms with Crippen molar-refractivity contribution in [2.45, 2.75) is 39.5 Å². The van der Waals surface area contributed by atoms with Gasteiger partial charge in [0.05, 0.1) is 18.0 Å². The number of nitrogens with zero attached hydrogens (tertiary/aromatic N) is 3. The average Bonchev–Trinajstić information content (AvgIpc) is 3.31. The van der Waals surface area contributed by atoms with E-state index in [0.717, 1.165) is 5.56 Å². The van der Waals surface area contributed by atoms with Crippen LogP contribution >= 0.6 is 11.3 Å². The zero-order chi connectivity index (χ0) is 29.3. The Hall–Kier alpha value is -4.00. The molecule has 11 nitrogen and oxygen atoms in total. The number of aromatic nitrogens is 1. The summed E-state index contributed by atoms with van der Waals surface area (Å²) < 4.78 is 5.28. The van der Waals surface area contributed by atoms with Gasteiger partial charge in [-0.3, -0.25) is 15.1 Å². The molecular weight excluding hydrogens is 532 g/mol. The van der Waals surface area contributed by atoms with Crippen LogP contribution in [-0.2, 0) is 17.9 Å². The van der Waals surface area contributed by atoms with E-state index in [9.17, 15) is 19.5 Å². The van der Waals surface area contributed by atoms with Crippen LogP contribution in [0, 0.1) is 0 Å². The summed E-state index contributed by atoms with van der Waals surface area (Å²) >= 11 is 1.32. The van der Waals surface area contributed by atoms with E-state index in [1.54, 1.807) is 79.0 Å². The van der Waals surface area contributed by atoms with Gasteiger partial charge in [-0.25, -0.2) is 9.59 Å². The Morgan fingerprint density at radius 3 is 2.33 bits per heavy atom. The number of hydrogen-bond acceptors (Lipinski definition) is 8. The van der Waals surface area contributed by atoms with E-state index < -0.39 is 17.6 Å². The number of carbonyl (C=O) groups excluding carboxylic acids is 3. The van der Waals surface area contributed by atoms with Crippen molar-refractivity contribution in [3.8, 4) is 0 Å². The Balaban J connectivity index is 1.65. The smallest absolute Gasteiger partial charge is 0.412 e. The third-order valence-corrected chi connectivity index (χ3v) is 6.19. The maximum atomic E-state index is 13.1. The van der Waals surface area contributed by atoms with Crippen molar-refractivity contribution < 1.29 is 24.2 Å². The van der Waals surface area contributed by atoms with Crippen molar-refractivity contribution in [3.05, 3.63) is 70.2 Å². The minimum atomic E-state index is -0.650. The highest BCUT2D eigenvalue weighted by Gasteiger charge is 2.19. The molecule has 0 saturated heterocycles. The maximum absolute atomic E-state index is 13.1. The van der Waals surface area contributed by atoms with Crippen molar-refractivity contribution in [1.29, 1.82) is 0 Å². The van der Waals surface area contributed by atoms with Gasteiger partial charge in [0.2, 0.25) is 0 Å². The second kappa shape index (κ2) is 13.9. The molecule has 4 N–H and O–H groups in total. The van der Waals surface area contributed by atoms with Gasteiger partial charge < -0.3 is 30.3 Å². The molecule has 214 valence electrons. The van der Waals surface area contributed by atoms with Crippen LogP contribution in [-0.4, -0.2) is 70.7 Å². The molecule has 0 atom stereocenters. The van der Waals surface area contributed by atoms with Gasteiger partial charge in [-0.1, -0.05) is 18.2 Å². The van der Waals surface area contributed by atoms with Crippen molar-refractivity contribution >= 4 is 46.4 Å². The van der Waals surface area contributed by atoms with Gasteiger partial charge in [0.15, 0.2) is 0 Å². The third-order valence-electron chi connectivity index (χ3n) is 5.44. The normalized spacial score (nSPS) is 11.2. The molecule has 0 fully saturated rings. The molecular formula is C28H36N6O5S. The zero-order valence-electron chi connectivity index (χ0n) is 23.4. The van der Waals surface area contributed by atoms with Gasteiger partial charge in [-0.15, -0.1) is 11.3 Å². The first-order valence-corrected chi connectivity index (χ1v) is 13.6. The number of amides is 4. The number of ether oxygens (including phenoxy) is 1. The number of urea groups is 1. The minimum Gasteiger partial charge on any atom is -0.444 e. The predicted molar refractivity (Wildman–Crippen MR) is 157 cm³/mol. The number of aliphatic hydroxyl groups excluding tert-OH is 1. The molecule has 4 amide bonds. The van der Waals surface area contributed by atoms with E-state index in [1.165, 1.54) is 11.3 Å². The van der Waals surface area contributed by atoms with Gasteiger partial charge in [-0.2, -0.15) is 0 Å². The number of pyridine rings is 1. The van der Waals surface area contributed by atoms with Gasteiger partial charge in [0.25, 0.3) is 5.91 Å². The van der Waals surface area contributed by atoms with Crippen LogP contribution in [0.1, 0.15) is 42.4 Å². The fourth-order valence-corrected chi connectivity index (χ4v) is 4.20. The van der Waals surface area contributed by atoms with Crippen LogP contribution in [0.25, 0.3) is 0 Å². The maximum Gasteiger partial charge on any atom is 0.412 e. The van der Waals surface area contributed by atoms with E-state index >= 15 is 0 Å². The minimum absolute atomic E-state index is 0.117. The Morgan fingerprint density at radius 1 is 0.975 bits per heavy atom. The molecule has 0 radical (unpaired) electrons. The molecule has 0 unspecified atom stereocenters. The molecule has 0 aliphatic carbocycles. The van der Waals surface area contributed by atoms with Crippen molar-refractivity contribution in [2.75, 3.05) is 43.1 Å². The number of rotatable bonds is 10. The van der Waals surface area contributed by atoms with E-state index in [-0.39, 0.29) is 24.9 Å². The number of nitrogens with one attached hydrogen (secondary N) is 3. The highest BCUT2D eigenvalue weighted by Crippen LogP contribution is 2.27. The van der Waals surface area contributed by atoms with Crippen LogP contribution in [0.5, 0.6) is 0 Å². The van der Waals surface area contributed by atoms with Gasteiger partial charge in [0.1, 0.15) is 11.3 Å². The summed E-state index contributed by atoms with van der Waals surface area (Å²) in [5.41, 5.74) is 2.43. The Kier molecular flexibility index (Phi) is 10.6. The lowest BCUT2D eigenvalue weighted by Crippen LogP contribution is -2.39. The highest BCUT2D eigenvalue weighted by molar-refractivity contribution is 7.09. The number of likely N-dealkylation sites (N-methyl/N-ethyl adjacent to an activating group) is 1. The summed E-state index contributed by atoms with van der Waals surface area (Å²) in [6, 6.07) is 10.1. The lowest BCUT2D eigenvalue weighted by atomic mass is 10.2. The first-order valence-electron chi connectivity index (χ1n) is 12.7. The number of benzene rings is 1. The fraction of sp³-hybridized carbons (Fsp3) is 0.357. The van der Waals surface area contributed by atoms with Crippen molar-refractivity contribution in [2.24, 2.45) is 0 Å². The fourth-order valence-electron chi connectivity index (χ4n) is 3.49. The highest BCUT2D eigenvalue weighted by atomic mass is 32.1. The summed E-state index contributed by atoms with van der Waals surface area (Å²) in [6.07, 6.45) is 0.942. The molecule has 2 heterocycles. The van der Waals surface area contributed by atoms with Crippen LogP contribution < -0.4 is 16.0 Å². The van der Waals surface area contributed by atoms with Crippen molar-refractivity contribution in [3.63, 3.8) is 0 Å². The van der Waals surface area contributed by atoms with Crippen molar-refractivity contribution in [1.82, 2.24) is 14.8 Å². The largest absolute Gasteiger partial charge is 0.444 e. The number of anilines is 3. The molecule has 0 spiro atoms. The Bertz CT molecular complexity index is 1300. The molecule has 3 aromatic rings. The molecule has 40 heavy (non-hydrogen) atoms. The molecule has 0 saturated carbocycles. The summed E-state index contributed by atoms with van der Waals surface area (Å²) in [4.78, 5) is 46.0. The summed E-state index contributed by atoms with van der Waals surface area (Å²) in [5, 5.41) is 21.1. The van der Waals surface area contributed by atoms with E-state index in [4.69, 9.17) is 4.74 Å². The lowest BCUT2D eigenvalue weighted by Gasteiger charge is -2.25. The van der Waals surface area contributed by atoms with Gasteiger partial charge in [0, 0.05) is 42.3 Å². The quantitative estimate of drug-likeness (QED) is 0.275. The van der Waals surface area contributed by atoms with Crippen LogP contribution in [0.2, 0.25) is 0 Å². The molecule has 3 rings (SSSR count). The molecule has 12 heteroatoms. The number of aliphatic hydroxyl groups is 1. The third kappa shape index (κ3) is 9.63. The van der Waals surface area contributed by atoms with E-state index in [0.29, 0.717) is 35.7 Å². The summed E-state index contributed by atoms with van der Waals surface area (Å²) in [5.74, 6) is -0.442. The van der Waals surface area contributed by atoms with Crippen LogP contribution in [0.15, 0.2) is 53.4 Å². The second-order valence-electron chi connectivity index (χ2n) is 10.3. The Labute approximate surface area is 238 Å². The number of hydrogen-bond donors (Lipinski definition) is 4. The first kappa shape index (κ1) is 30.5. The molecule has 0 bridgehead atoms. The molecule has 2 aromatic heterocycles. The number of thiophene rings is 1. The topological polar surface area (TPSA) is 136 Å². The Morgan fingerprint density at radius 2 is 1.70 bits per heavy atom. The predicted octanol–water partition coefficient (Wildman–Crippen LogP) is 4.83. The standard InChI is InChI=1S/C28H36N6O5S/c1-28(2,3)39-27(38)32-24-18-40-17-23(24)31-25(36)22-10-9-20(14-29-22)15-34(12-11-33(4)5)26(37)30-21-8-6-7-19(13-21)16-35/h6-10,13-14,17-18,35H,11-12,15-16H2,1-5H3,(H,30,37)(H,31,36)(H,32,38). The van der Waals surface area contributed by atoms with Crippen LogP contribution in [0.3, 0.4) is 0 Å². The van der Waals surface area contributed by atoms with E-state index in [2.05, 4.69) is 20.9 Å². The SMILES string of the molecule is CN(C)CCN(Cc1ccc(C(=O)Nc2cscc2NC(=O)OC(C)(C)C)nc1)C(=O)Nc1cccc(CO)c1. The summed E-state index contributed by atoms with van der Waals surface area (Å²) in [7, 11) is 3.86. The van der Waals surface area contributed by atoms with E-state index in [1.807, 2.05) is 19.0 Å². The average molecular weight is 569 g/mol. The molecule has 0 aliphatic rings. The number of carbonyl (C=O) groups is 3. The second-order valence-corrected chi connectivity index (χ2v) is 11.1. The molecule has 1 aromatic carbocycles. The molecule has 0 aliphatic heterocycles. The zero-order valence-corrected chi connectivity index (χ0v) is 24.2. The van der Waals surface area contributed by atoms with Gasteiger partial charge >= 0.3 is 12.1 Å². The lowest BCUT2D eigenvalue weighted by molar-refractivity contribution is 0.0635. The summed E-state index contributed by atoms with van der Waals surface area (Å²) in [6.45, 7) is 6.58. The first-order chi connectivity index (χ1) is 18.9. The van der Waals surface area contributed by atoms with Gasteiger partial charge in [-0.05, 0) is 64.2 Å². The van der Waals surface area contributed by atoms with Crippen LogP contribution in [0.4, 0.5) is 26.7 Å².